The van der Waals surface area contributed by atoms with E-state index >= 15 is 0 Å². The Kier molecular flexibility index (Phi) is 3.29. The second kappa shape index (κ2) is 4.76. The van der Waals surface area contributed by atoms with Crippen LogP contribution in [-0.2, 0) is 6.18 Å². The van der Waals surface area contributed by atoms with E-state index in [-0.39, 0.29) is 28.3 Å². The van der Waals surface area contributed by atoms with Gasteiger partial charge < -0.3 is 10.3 Å². The molecule has 3 nitrogen and oxygen atoms in total. The van der Waals surface area contributed by atoms with Crippen LogP contribution in [0.15, 0.2) is 23.0 Å². The van der Waals surface area contributed by atoms with E-state index in [1.165, 1.54) is 0 Å². The average Bonchev–Trinajstić information content (AvgIpc) is 2.41. The third-order valence-electron chi connectivity index (χ3n) is 5.15. The maximum Gasteiger partial charge on any atom is 0.417 e. The number of benzene rings is 1. The maximum absolute atomic E-state index is 13.3. The van der Waals surface area contributed by atoms with Crippen molar-refractivity contribution >= 4 is 16.6 Å². The summed E-state index contributed by atoms with van der Waals surface area (Å²) in [6.07, 6.45) is -4.56. The van der Waals surface area contributed by atoms with Gasteiger partial charge in [0.05, 0.1) is 11.1 Å². The van der Waals surface area contributed by atoms with Crippen molar-refractivity contribution < 1.29 is 13.2 Å². The van der Waals surface area contributed by atoms with Crippen molar-refractivity contribution in [3.8, 4) is 0 Å². The van der Waals surface area contributed by atoms with E-state index in [0.717, 1.165) is 11.3 Å². The first-order valence-corrected chi connectivity index (χ1v) is 7.57. The smallest absolute Gasteiger partial charge is 0.380 e. The highest BCUT2D eigenvalue weighted by atomic mass is 19.4. The zero-order valence-corrected chi connectivity index (χ0v) is 13.4. The van der Waals surface area contributed by atoms with Crippen molar-refractivity contribution in [2.75, 3.05) is 5.32 Å². The van der Waals surface area contributed by atoms with Crippen molar-refractivity contribution in [2.45, 2.75) is 45.3 Å². The summed E-state index contributed by atoms with van der Waals surface area (Å²) in [7, 11) is 0. The number of aromatic nitrogens is 1. The van der Waals surface area contributed by atoms with Gasteiger partial charge in [-0.05, 0) is 43.4 Å². The van der Waals surface area contributed by atoms with Gasteiger partial charge in [0, 0.05) is 22.7 Å². The molecule has 1 aliphatic rings. The lowest BCUT2D eigenvalue weighted by atomic mass is 9.73. The molecule has 0 spiro atoms. The van der Waals surface area contributed by atoms with E-state index in [9.17, 15) is 18.0 Å². The van der Waals surface area contributed by atoms with Crippen LogP contribution >= 0.6 is 0 Å². The molecule has 2 N–H and O–H groups in total. The number of alkyl halides is 3. The molecule has 1 aliphatic heterocycles. The van der Waals surface area contributed by atoms with Crippen LogP contribution in [-0.4, -0.2) is 10.5 Å². The van der Waals surface area contributed by atoms with Crippen LogP contribution in [0.2, 0.25) is 0 Å². The summed E-state index contributed by atoms with van der Waals surface area (Å²) in [5.74, 6) is 0.364. The third kappa shape index (κ3) is 2.50. The molecule has 124 valence electrons. The number of H-pyrrole nitrogens is 1. The van der Waals surface area contributed by atoms with Crippen LogP contribution < -0.4 is 10.9 Å². The largest absolute Gasteiger partial charge is 0.417 e. The van der Waals surface area contributed by atoms with Crippen molar-refractivity contribution in [3.63, 3.8) is 0 Å². The molecule has 0 fully saturated rings. The summed E-state index contributed by atoms with van der Waals surface area (Å²) < 4.78 is 39.8. The molecule has 1 aromatic heterocycles. The van der Waals surface area contributed by atoms with Gasteiger partial charge in [-0.1, -0.05) is 13.8 Å². The molecule has 0 amide bonds. The van der Waals surface area contributed by atoms with Crippen LogP contribution in [0.1, 0.15) is 44.7 Å². The van der Waals surface area contributed by atoms with Gasteiger partial charge in [-0.25, -0.2) is 0 Å². The Hall–Kier alpha value is -1.98. The van der Waals surface area contributed by atoms with Gasteiger partial charge in [0.25, 0.3) is 0 Å². The molecule has 0 saturated heterocycles. The van der Waals surface area contributed by atoms with Crippen LogP contribution in [0.3, 0.4) is 0 Å². The fraction of sp³-hybridized carbons (Fsp3) is 0.471. The fourth-order valence-electron chi connectivity index (χ4n) is 3.40. The molecule has 0 unspecified atom stereocenters. The Labute approximate surface area is 131 Å². The zero-order valence-electron chi connectivity index (χ0n) is 13.4. The van der Waals surface area contributed by atoms with Crippen LogP contribution in [0.5, 0.6) is 0 Å². The Bertz CT molecular complexity index is 836. The number of fused-ring (bicyclic) bond motifs is 2. The van der Waals surface area contributed by atoms with Crippen molar-refractivity contribution in [3.05, 3.63) is 39.7 Å². The van der Waals surface area contributed by atoms with Gasteiger partial charge in [-0.15, -0.1) is 0 Å². The van der Waals surface area contributed by atoms with E-state index in [1.54, 1.807) is 12.1 Å². The molecule has 6 heteroatoms. The molecule has 1 aromatic carbocycles. The number of halogens is 3. The first kappa shape index (κ1) is 15.9. The summed E-state index contributed by atoms with van der Waals surface area (Å²) in [5, 5.41) is 3.42. The van der Waals surface area contributed by atoms with Crippen molar-refractivity contribution in [2.24, 2.45) is 5.92 Å². The molecule has 0 aliphatic carbocycles. The highest BCUT2D eigenvalue weighted by molar-refractivity contribution is 5.88. The molecular formula is C17H19F3N2O. The van der Waals surface area contributed by atoms with Gasteiger partial charge in [0.2, 0.25) is 5.56 Å². The molecule has 0 saturated carbocycles. The van der Waals surface area contributed by atoms with E-state index < -0.39 is 17.3 Å². The number of anilines is 1. The third-order valence-corrected chi connectivity index (χ3v) is 5.15. The summed E-state index contributed by atoms with van der Waals surface area (Å²) in [4.78, 5) is 14.1. The number of hydrogen-bond acceptors (Lipinski definition) is 2. The second-order valence-corrected chi connectivity index (χ2v) is 6.95. The van der Waals surface area contributed by atoms with E-state index in [2.05, 4.69) is 31.1 Å². The summed E-state index contributed by atoms with van der Waals surface area (Å²) >= 11 is 0. The summed E-state index contributed by atoms with van der Waals surface area (Å²) in [6.45, 7) is 8.24. The summed E-state index contributed by atoms with van der Waals surface area (Å²) in [6, 6.07) is 3.81. The minimum atomic E-state index is -4.56. The standard InChI is InChI=1S/C17H19F3N2O/c1-8-9(2)16(3,4)22-14-7-13-11(5-10(8)14)12(17(18,19)20)6-15(23)21-13/h5-9,22H,1-4H3,(H,21,23)/t8-,9+/m0/s1. The van der Waals surface area contributed by atoms with Crippen molar-refractivity contribution in [1.29, 1.82) is 0 Å². The lowest BCUT2D eigenvalue weighted by Gasteiger charge is -2.43. The molecular weight excluding hydrogens is 305 g/mol. The Morgan fingerprint density at radius 2 is 1.78 bits per heavy atom. The lowest BCUT2D eigenvalue weighted by Crippen LogP contribution is -2.44. The molecule has 2 atom stereocenters. The normalized spacial score (nSPS) is 23.4. The monoisotopic (exact) mass is 324 g/mol. The minimum Gasteiger partial charge on any atom is -0.380 e. The second-order valence-electron chi connectivity index (χ2n) is 6.95. The first-order chi connectivity index (χ1) is 10.5. The number of rotatable bonds is 0. The highest BCUT2D eigenvalue weighted by Gasteiger charge is 2.38. The fourth-order valence-corrected chi connectivity index (χ4v) is 3.40. The summed E-state index contributed by atoms with van der Waals surface area (Å²) in [5.41, 5.74) is 0.0192. The maximum atomic E-state index is 13.3. The quantitative estimate of drug-likeness (QED) is 0.750. The highest BCUT2D eigenvalue weighted by Crippen LogP contribution is 2.45. The van der Waals surface area contributed by atoms with Crippen molar-refractivity contribution in [1.82, 2.24) is 4.98 Å². The number of aromatic amines is 1. The van der Waals surface area contributed by atoms with E-state index in [0.29, 0.717) is 6.07 Å². The molecule has 3 rings (SSSR count). The van der Waals surface area contributed by atoms with Gasteiger partial charge >= 0.3 is 6.18 Å². The zero-order chi connectivity index (χ0) is 17.2. The predicted octanol–water partition coefficient (Wildman–Crippen LogP) is 4.49. The van der Waals surface area contributed by atoms with E-state index in [4.69, 9.17) is 0 Å². The van der Waals surface area contributed by atoms with Gasteiger partial charge in [-0.3, -0.25) is 4.79 Å². The van der Waals surface area contributed by atoms with Gasteiger partial charge in [-0.2, -0.15) is 13.2 Å². The van der Waals surface area contributed by atoms with E-state index in [1.807, 2.05) is 6.92 Å². The Morgan fingerprint density at radius 3 is 2.39 bits per heavy atom. The number of pyridine rings is 1. The lowest BCUT2D eigenvalue weighted by molar-refractivity contribution is -0.136. The minimum absolute atomic E-state index is 0.0383. The molecule has 2 aromatic rings. The Morgan fingerprint density at radius 1 is 1.13 bits per heavy atom. The molecule has 2 heterocycles. The number of hydrogen-bond donors (Lipinski definition) is 2. The predicted molar refractivity (Wildman–Crippen MR) is 84.9 cm³/mol. The van der Waals surface area contributed by atoms with Gasteiger partial charge in [0.15, 0.2) is 0 Å². The SMILES string of the molecule is C[C@@H]1c2cc3c(C(F)(F)F)cc(=O)[nH]c3cc2NC(C)(C)[C@@H]1C. The molecule has 0 bridgehead atoms. The van der Waals surface area contributed by atoms with Crippen LogP contribution in [0.25, 0.3) is 10.9 Å². The number of nitrogens with one attached hydrogen (secondary N) is 2. The van der Waals surface area contributed by atoms with Crippen LogP contribution in [0, 0.1) is 5.92 Å². The first-order valence-electron chi connectivity index (χ1n) is 7.57. The molecule has 23 heavy (non-hydrogen) atoms. The van der Waals surface area contributed by atoms with Crippen LogP contribution in [0.4, 0.5) is 18.9 Å². The topological polar surface area (TPSA) is 44.9 Å². The Balaban J connectivity index is 2.33. The molecule has 0 radical (unpaired) electrons. The van der Waals surface area contributed by atoms with Gasteiger partial charge in [0.1, 0.15) is 0 Å². The average molecular weight is 324 g/mol.